The van der Waals surface area contributed by atoms with Gasteiger partial charge in [0.2, 0.25) is 0 Å². The zero-order valence-electron chi connectivity index (χ0n) is 47.3. The van der Waals surface area contributed by atoms with E-state index in [1.807, 2.05) is 72.9 Å². The van der Waals surface area contributed by atoms with Crippen LogP contribution >= 0.6 is 0 Å². The molecule has 0 saturated carbocycles. The summed E-state index contributed by atoms with van der Waals surface area (Å²) in [5.74, 6) is 1.70. The van der Waals surface area contributed by atoms with Crippen molar-refractivity contribution in [3.05, 3.63) is 209 Å². The van der Waals surface area contributed by atoms with Gasteiger partial charge in [-0.3, -0.25) is 0 Å². The van der Waals surface area contributed by atoms with Crippen molar-refractivity contribution in [2.24, 2.45) is 0 Å². The molecule has 8 aromatic carbocycles. The van der Waals surface area contributed by atoms with Gasteiger partial charge in [0.15, 0.2) is 0 Å². The van der Waals surface area contributed by atoms with Gasteiger partial charge < -0.3 is 0 Å². The zero-order chi connectivity index (χ0) is 54.9. The summed E-state index contributed by atoms with van der Waals surface area (Å²) in [6, 6.07) is 52.6. The minimum atomic E-state index is -0.451. The van der Waals surface area contributed by atoms with Crippen molar-refractivity contribution >= 4 is 60.3 Å². The molecule has 0 bridgehead atoms. The summed E-state index contributed by atoms with van der Waals surface area (Å²) in [6.45, 7) is 19.9. The number of hydrogen-bond donors (Lipinski definition) is 0. The summed E-state index contributed by atoms with van der Waals surface area (Å²) >= 11 is 2.36. The van der Waals surface area contributed by atoms with Gasteiger partial charge in [0.05, 0.1) is 0 Å². The molecule has 0 aliphatic carbocycles. The Bertz CT molecular complexity index is 4520. The summed E-state index contributed by atoms with van der Waals surface area (Å²) < 4.78 is 66.2. The quantitative estimate of drug-likeness (QED) is 0.156. The van der Waals surface area contributed by atoms with Crippen LogP contribution in [0.3, 0.4) is 0 Å². The van der Waals surface area contributed by atoms with Crippen LogP contribution in [-0.4, -0.2) is 18.5 Å². The number of para-hydroxylation sites is 4. The predicted octanol–water partition coefficient (Wildman–Crippen LogP) is 17.5. The van der Waals surface area contributed by atoms with Gasteiger partial charge in [0.1, 0.15) is 0 Å². The van der Waals surface area contributed by atoms with E-state index >= 15 is 0 Å². The molecule has 0 aliphatic heterocycles. The summed E-state index contributed by atoms with van der Waals surface area (Å²) in [5.41, 5.74) is 11.2. The van der Waals surface area contributed by atoms with Crippen molar-refractivity contribution in [3.63, 3.8) is 0 Å². The molecule has 0 unspecified atom stereocenters. The fraction of sp³-hybridized carbons (Fsp3) is 0.182. The third kappa shape index (κ3) is 8.08. The SMILES string of the molecule is [2H]c1c([2H])c([2H])c(-c2cccc(-c3cc(C(C)(C)C)cc(C(C)(C)C)c3)c2-n2[c](=[Pt])n3c4[c-]c(Oc5[c-]c6c(cc5)c5ccccc5n6-c5cc(C(C)(C)C)ccn5)ccc4oc4ccccc4c4cccc2c43)c([2H])c1[2H]. The van der Waals surface area contributed by atoms with Crippen molar-refractivity contribution in [1.29, 1.82) is 0 Å². The van der Waals surface area contributed by atoms with Crippen LogP contribution in [0.1, 0.15) is 85.9 Å². The summed E-state index contributed by atoms with van der Waals surface area (Å²) in [7, 11) is 0. The molecule has 0 radical (unpaired) electrons. The molecule has 0 aliphatic rings. The van der Waals surface area contributed by atoms with Crippen molar-refractivity contribution in [1.82, 2.24) is 18.5 Å². The second kappa shape index (κ2) is 17.3. The number of imidazole rings is 1. The average molecular weight is 1140 g/mol. The number of hydrogen-bond acceptors (Lipinski definition) is 3. The number of pyridine rings is 1. The van der Waals surface area contributed by atoms with Crippen molar-refractivity contribution in [3.8, 4) is 45.3 Å². The van der Waals surface area contributed by atoms with Crippen molar-refractivity contribution in [2.75, 3.05) is 0 Å². The van der Waals surface area contributed by atoms with E-state index in [4.69, 9.17) is 18.3 Å². The van der Waals surface area contributed by atoms with Gasteiger partial charge in [-0.2, -0.15) is 0 Å². The predicted molar refractivity (Wildman–Crippen MR) is 297 cm³/mol. The Hall–Kier alpha value is -7.53. The zero-order valence-corrected chi connectivity index (χ0v) is 44.6. The average Bonchev–Trinajstić information content (AvgIpc) is 4.02. The van der Waals surface area contributed by atoms with Crippen LogP contribution in [0.15, 0.2) is 180 Å². The van der Waals surface area contributed by atoms with E-state index in [1.165, 1.54) is 5.56 Å². The Morgan fingerprint density at radius 1 is 0.534 bits per heavy atom. The first kappa shape index (κ1) is 41.0. The van der Waals surface area contributed by atoms with Crippen LogP contribution in [0.4, 0.5) is 0 Å². The topological polar surface area (TPSA) is 49.5 Å². The normalized spacial score (nSPS) is 13.5. The van der Waals surface area contributed by atoms with Gasteiger partial charge in [-0.1, -0.05) is 32.9 Å². The van der Waals surface area contributed by atoms with Crippen molar-refractivity contribution in [2.45, 2.75) is 78.6 Å². The number of benzene rings is 8. The molecule has 4 aromatic heterocycles. The fourth-order valence-corrected chi connectivity index (χ4v) is 11.1. The molecule has 7 heteroatoms. The Kier molecular flexibility index (Phi) is 9.72. The van der Waals surface area contributed by atoms with Gasteiger partial charge in [-0.15, -0.1) is 0 Å². The third-order valence-corrected chi connectivity index (χ3v) is 14.9. The Balaban J connectivity index is 1.16. The van der Waals surface area contributed by atoms with E-state index in [-0.39, 0.29) is 33.9 Å². The Morgan fingerprint density at radius 3 is 1.88 bits per heavy atom. The molecule has 4 heterocycles. The number of rotatable bonds is 6. The number of fused-ring (bicyclic) bond motifs is 7. The molecule has 0 fully saturated rings. The summed E-state index contributed by atoms with van der Waals surface area (Å²) in [5, 5.41) is 3.87. The molecule has 0 atom stereocenters. The first-order valence-electron chi connectivity index (χ1n) is 27.1. The number of ether oxygens (including phenoxy) is 1. The standard InChI is InChI=1S/C66H56N4O2.Pt/c1-64(2,3)44-33-34-67-61(38-44)70-55-26-15-13-21-51(55)52-31-29-47(39-57(52)70)71-48-30-32-60-58(40-48)69-41-68(56-27-18-25-54(63(56)69)53-22-14-16-28-59(53)72-60)62-49(42-19-11-10-12-20-42)23-17-24-50(62)43-35-45(65(4,5)6)37-46(36-43)66(7,8)9;/h10-38H,1-9H3;/q-2;/i10D,11D,12D,19D,20D;. The molecule has 12 rings (SSSR count). The molecule has 0 N–H and O–H groups in total. The van der Waals surface area contributed by atoms with Crippen LogP contribution in [0.2, 0.25) is 0 Å². The Morgan fingerprint density at radius 2 is 1.15 bits per heavy atom. The maximum atomic E-state index is 9.42. The van der Waals surface area contributed by atoms with Gasteiger partial charge >= 0.3 is 390 Å². The van der Waals surface area contributed by atoms with Crippen LogP contribution in [0.5, 0.6) is 11.5 Å². The van der Waals surface area contributed by atoms with E-state index in [2.05, 4.69) is 180 Å². The monoisotopic (exact) mass is 1140 g/mol. The first-order chi connectivity index (χ1) is 37.1. The molecule has 364 valence electrons. The van der Waals surface area contributed by atoms with E-state index in [0.29, 0.717) is 43.2 Å². The molecular weight excluding hydrogens is 1080 g/mol. The van der Waals surface area contributed by atoms with E-state index in [0.717, 1.165) is 71.7 Å². The fourth-order valence-electron chi connectivity index (χ4n) is 10.0. The second-order valence-corrected chi connectivity index (χ2v) is 22.9. The molecule has 0 amide bonds. The third-order valence-electron chi connectivity index (χ3n) is 13.9. The van der Waals surface area contributed by atoms with Crippen LogP contribution in [0.25, 0.3) is 94.1 Å². The van der Waals surface area contributed by atoms with E-state index in [1.54, 1.807) is 0 Å². The Labute approximate surface area is 444 Å². The van der Waals surface area contributed by atoms with Gasteiger partial charge in [-0.25, -0.2) is 0 Å². The maximum absolute atomic E-state index is 9.42. The number of nitrogens with zero attached hydrogens (tertiary/aromatic N) is 4. The summed E-state index contributed by atoms with van der Waals surface area (Å²) in [6.07, 6.45) is 1.87. The molecule has 12 aromatic rings. The minimum absolute atomic E-state index is 0.0897. The van der Waals surface area contributed by atoms with Gasteiger partial charge in [-0.05, 0) is 17.0 Å². The van der Waals surface area contributed by atoms with Gasteiger partial charge in [0, 0.05) is 6.20 Å². The van der Waals surface area contributed by atoms with Crippen molar-refractivity contribution < 1.29 is 35.4 Å². The molecule has 0 saturated heterocycles. The molecule has 73 heavy (non-hydrogen) atoms. The number of aromatic nitrogens is 4. The van der Waals surface area contributed by atoms with Gasteiger partial charge in [0.25, 0.3) is 0 Å². The van der Waals surface area contributed by atoms with Crippen LogP contribution in [0, 0.1) is 15.9 Å². The first-order valence-corrected chi connectivity index (χ1v) is 25.8. The molecule has 6 nitrogen and oxygen atoms in total. The second-order valence-electron chi connectivity index (χ2n) is 21.9. The van der Waals surface area contributed by atoms with E-state index in [9.17, 15) is 2.74 Å². The summed E-state index contributed by atoms with van der Waals surface area (Å²) in [4.78, 5) is 4.88. The van der Waals surface area contributed by atoms with Crippen LogP contribution in [-0.2, 0) is 35.6 Å². The molecular formula is C66H56N4O2Pt-2. The van der Waals surface area contributed by atoms with E-state index < -0.39 is 18.1 Å². The van der Waals surface area contributed by atoms with Crippen LogP contribution < -0.4 is 4.74 Å². The molecule has 0 spiro atoms.